The molecule has 0 radical (unpaired) electrons. The van der Waals surface area contributed by atoms with Gasteiger partial charge in [0.25, 0.3) is 0 Å². The van der Waals surface area contributed by atoms with Crippen molar-refractivity contribution in [3.8, 4) is 0 Å². The van der Waals surface area contributed by atoms with E-state index in [2.05, 4.69) is 31.3 Å². The Morgan fingerprint density at radius 2 is 0.960 bits per heavy atom. The zero-order valence-corrected chi connectivity index (χ0v) is 30.7. The average molecular weight is 731 g/mol. The maximum atomic E-state index is 13.7. The van der Waals surface area contributed by atoms with E-state index in [1.807, 2.05) is 38.1 Å². The number of guanidine groups is 2. The number of benzene rings is 2. The van der Waals surface area contributed by atoms with Crippen LogP contribution in [0.25, 0.3) is 0 Å². The summed E-state index contributed by atoms with van der Waals surface area (Å²) in [5.41, 5.74) is 37.3. The van der Waals surface area contributed by atoms with Gasteiger partial charge in [0.2, 0.25) is 11.8 Å². The molecule has 0 aromatic heterocycles. The Hall–Kier alpha value is -4.19. The minimum absolute atomic E-state index is 0.0238. The van der Waals surface area contributed by atoms with Gasteiger partial charge in [0.05, 0.1) is 32.5 Å². The number of hydrogen-bond donors (Lipinski definition) is 10. The van der Waals surface area contributed by atoms with Gasteiger partial charge in [-0.2, -0.15) is 0 Å². The second-order valence-corrected chi connectivity index (χ2v) is 13.4. The van der Waals surface area contributed by atoms with Crippen molar-refractivity contribution in [2.45, 2.75) is 75.0 Å². The number of aliphatic imine (C=N–C) groups is 2. The third-order valence-corrected chi connectivity index (χ3v) is 9.44. The van der Waals surface area contributed by atoms with Gasteiger partial charge in [-0.3, -0.25) is 19.6 Å². The Morgan fingerprint density at radius 3 is 1.28 bits per heavy atom. The molecule has 2 aromatic rings. The molecule has 0 fully saturated rings. The van der Waals surface area contributed by atoms with Crippen LogP contribution < -0.4 is 55.7 Å². The van der Waals surface area contributed by atoms with Crippen LogP contribution in [0.15, 0.2) is 44.0 Å². The highest BCUT2D eigenvalue weighted by Crippen LogP contribution is 2.38. The van der Waals surface area contributed by atoms with Crippen molar-refractivity contribution in [3.63, 3.8) is 0 Å². The lowest BCUT2D eigenvalue weighted by atomic mass is 10.1. The molecular weight excluding hydrogens is 677 g/mol. The quantitative estimate of drug-likeness (QED) is 0.0363. The number of hydrogen-bond acceptors (Lipinski definition) is 9. The van der Waals surface area contributed by atoms with Crippen molar-refractivity contribution in [2.75, 3.05) is 59.0 Å². The second kappa shape index (κ2) is 23.3. The first-order valence-electron chi connectivity index (χ1n) is 16.8. The number of thioether (sulfide) groups is 2. The monoisotopic (exact) mass is 730 g/mol. The molecule has 0 saturated carbocycles. The van der Waals surface area contributed by atoms with E-state index in [1.165, 1.54) is 23.5 Å². The summed E-state index contributed by atoms with van der Waals surface area (Å²) >= 11 is 2.89. The fourth-order valence-corrected chi connectivity index (χ4v) is 6.41. The highest BCUT2D eigenvalue weighted by atomic mass is 32.2. The van der Waals surface area contributed by atoms with Crippen LogP contribution in [0.2, 0.25) is 0 Å². The summed E-state index contributed by atoms with van der Waals surface area (Å²) in [6.07, 6.45) is 4.47. The van der Waals surface area contributed by atoms with E-state index < -0.39 is 6.03 Å². The predicted octanol–water partition coefficient (Wildman–Crippen LogP) is 3.32. The van der Waals surface area contributed by atoms with Gasteiger partial charge in [-0.1, -0.05) is 13.8 Å². The van der Waals surface area contributed by atoms with Crippen LogP contribution in [-0.2, 0) is 22.4 Å². The van der Waals surface area contributed by atoms with Gasteiger partial charge in [-0.25, -0.2) is 4.79 Å². The lowest BCUT2D eigenvalue weighted by molar-refractivity contribution is -0.117. The third-order valence-electron chi connectivity index (χ3n) is 7.10. The second-order valence-electron chi connectivity index (χ2n) is 11.2. The molecular formula is C33H54N12O3S2. The minimum atomic E-state index is -0.482. The molecule has 0 aliphatic rings. The van der Waals surface area contributed by atoms with E-state index in [9.17, 15) is 14.4 Å². The van der Waals surface area contributed by atoms with Crippen LogP contribution in [0, 0.1) is 0 Å². The van der Waals surface area contributed by atoms with Crippen LogP contribution >= 0.6 is 23.5 Å². The number of anilines is 4. The van der Waals surface area contributed by atoms with Crippen LogP contribution in [0.3, 0.4) is 0 Å². The Labute approximate surface area is 303 Å². The van der Waals surface area contributed by atoms with Crippen molar-refractivity contribution in [1.29, 1.82) is 0 Å². The Kier molecular flexibility index (Phi) is 19.5. The molecule has 15 nitrogen and oxygen atoms in total. The Balaban J connectivity index is 2.33. The zero-order chi connectivity index (χ0) is 36.9. The molecule has 2 aromatic carbocycles. The predicted molar refractivity (Wildman–Crippen MR) is 210 cm³/mol. The molecule has 276 valence electrons. The fourth-order valence-electron chi connectivity index (χ4n) is 4.70. The van der Waals surface area contributed by atoms with Crippen LogP contribution in [-0.4, -0.2) is 67.4 Å². The molecule has 0 bridgehead atoms. The van der Waals surface area contributed by atoms with Gasteiger partial charge in [0.1, 0.15) is 0 Å². The highest BCUT2D eigenvalue weighted by molar-refractivity contribution is 7.99. The Morgan fingerprint density at radius 1 is 0.600 bits per heavy atom. The first-order valence-corrected chi connectivity index (χ1v) is 18.8. The number of rotatable bonds is 22. The molecule has 0 aliphatic carbocycles. The number of amides is 4. The van der Waals surface area contributed by atoms with E-state index in [-0.39, 0.29) is 36.6 Å². The number of nitrogens with zero attached hydrogens (tertiary/aromatic N) is 2. The number of carbonyl (C=O) groups excluding carboxylic acids is 3. The van der Waals surface area contributed by atoms with Crippen LogP contribution in [0.1, 0.15) is 63.5 Å². The van der Waals surface area contributed by atoms with Gasteiger partial charge >= 0.3 is 6.03 Å². The Bertz CT molecular complexity index is 1370. The number of carbonyl (C=O) groups is 3. The molecule has 16 N–H and O–H groups in total. The first-order chi connectivity index (χ1) is 24.0. The third kappa shape index (κ3) is 15.6. The topological polar surface area (TPSA) is 280 Å². The highest BCUT2D eigenvalue weighted by Gasteiger charge is 2.19. The molecule has 0 unspecified atom stereocenters. The zero-order valence-electron chi connectivity index (χ0n) is 29.1. The average Bonchev–Trinajstić information content (AvgIpc) is 3.06. The van der Waals surface area contributed by atoms with Crippen LogP contribution in [0.5, 0.6) is 0 Å². The number of urea groups is 1. The van der Waals surface area contributed by atoms with Gasteiger partial charge in [-0.15, -0.1) is 23.5 Å². The van der Waals surface area contributed by atoms with Crippen molar-refractivity contribution < 1.29 is 14.4 Å². The molecule has 0 spiro atoms. The van der Waals surface area contributed by atoms with Crippen molar-refractivity contribution in [3.05, 3.63) is 35.4 Å². The molecule has 4 amide bonds. The van der Waals surface area contributed by atoms with E-state index in [1.54, 1.807) is 0 Å². The lowest BCUT2D eigenvalue weighted by Crippen LogP contribution is -2.23. The lowest BCUT2D eigenvalue weighted by Gasteiger charge is -2.20. The smallest absolute Gasteiger partial charge is 0.323 e. The van der Waals surface area contributed by atoms with Crippen LogP contribution in [0.4, 0.5) is 27.5 Å². The molecule has 0 aliphatic heterocycles. The van der Waals surface area contributed by atoms with E-state index in [4.69, 9.17) is 34.4 Å². The number of unbranched alkanes of at least 4 members (excludes halogenated alkanes) is 2. The minimum Gasteiger partial charge on any atom is -0.370 e. The van der Waals surface area contributed by atoms with E-state index in [0.717, 1.165) is 11.1 Å². The molecule has 50 heavy (non-hydrogen) atoms. The van der Waals surface area contributed by atoms with Gasteiger partial charge in [0, 0.05) is 50.5 Å². The number of nitrogens with two attached hydrogens (primary N) is 6. The van der Waals surface area contributed by atoms with Crippen molar-refractivity contribution in [1.82, 2.24) is 0 Å². The summed E-state index contributed by atoms with van der Waals surface area (Å²) in [4.78, 5) is 48.8. The number of nitrogens with one attached hydrogen (secondary N) is 4. The standard InChI is InChI=1S/C33H54N12O3S2/c1-3-21-17-23(42-27(46)9-5-7-13-40-31(36)37)29(49-15-11-34)25(19-21)44-33(48)45-26-20-22(4-2)18-24(30(26)50-16-12-35)43-28(47)10-6-8-14-41-32(38)39/h17-20H,3-16,34-35H2,1-2H3,(H,42,46)(H,43,47)(H4,36,37,40)(H4,38,39,41)(H2,44,45,48). The van der Waals surface area contributed by atoms with E-state index >= 15 is 0 Å². The molecule has 0 heterocycles. The largest absolute Gasteiger partial charge is 0.370 e. The van der Waals surface area contributed by atoms with Crippen molar-refractivity contribution >= 4 is 76.0 Å². The summed E-state index contributed by atoms with van der Waals surface area (Å²) in [6.45, 7) is 5.70. The summed E-state index contributed by atoms with van der Waals surface area (Å²) in [7, 11) is 0. The summed E-state index contributed by atoms with van der Waals surface area (Å²) in [5.74, 6) is 0.868. The number of aryl methyl sites for hydroxylation is 2. The first kappa shape index (κ1) is 42.0. The summed E-state index contributed by atoms with van der Waals surface area (Å²) in [5, 5.41) is 12.1. The van der Waals surface area contributed by atoms with Gasteiger partial charge in [-0.05, 0) is 73.9 Å². The molecule has 0 saturated heterocycles. The fraction of sp³-hybridized carbons (Fsp3) is 0.485. The van der Waals surface area contributed by atoms with Gasteiger partial charge in [0.15, 0.2) is 11.9 Å². The van der Waals surface area contributed by atoms with Gasteiger partial charge < -0.3 is 55.7 Å². The molecule has 2 rings (SSSR count). The summed E-state index contributed by atoms with van der Waals surface area (Å²) in [6, 6.07) is 7.15. The normalized spacial score (nSPS) is 10.6. The summed E-state index contributed by atoms with van der Waals surface area (Å²) < 4.78 is 0. The maximum absolute atomic E-state index is 13.7. The molecule has 0 atom stereocenters. The SMILES string of the molecule is CCc1cc(NC(=O)CCCCN=C(N)N)c(SCCN)c(NC(=O)Nc2cc(CC)cc(NC(=O)CCCCN=C(N)N)c2SCCN)c1. The maximum Gasteiger partial charge on any atom is 0.323 e. The van der Waals surface area contributed by atoms with E-state index in [0.29, 0.717) is 109 Å². The molecule has 17 heteroatoms. The van der Waals surface area contributed by atoms with Crippen molar-refractivity contribution in [2.24, 2.45) is 44.4 Å².